The van der Waals surface area contributed by atoms with Gasteiger partial charge in [0.15, 0.2) is 0 Å². The second kappa shape index (κ2) is 9.04. The summed E-state index contributed by atoms with van der Waals surface area (Å²) in [4.78, 5) is 24.9. The molecule has 2 unspecified atom stereocenters. The van der Waals surface area contributed by atoms with Gasteiger partial charge in [0.2, 0.25) is 0 Å². The number of methoxy groups -OCH3 is 1. The molecule has 0 aliphatic heterocycles. The van der Waals surface area contributed by atoms with Crippen LogP contribution >= 0.6 is 0 Å². The molecule has 2 atom stereocenters. The maximum atomic E-state index is 12.2. The molecule has 0 aliphatic rings. The van der Waals surface area contributed by atoms with E-state index in [1.165, 1.54) is 12.0 Å². The molecular formula is C16H23NO5. The van der Waals surface area contributed by atoms with Crippen LogP contribution in [0.25, 0.3) is 0 Å². The molecule has 1 rings (SSSR count). The molecule has 0 heterocycles. The average molecular weight is 309 g/mol. The van der Waals surface area contributed by atoms with E-state index in [4.69, 9.17) is 9.47 Å². The van der Waals surface area contributed by atoms with Crippen LogP contribution in [-0.4, -0.2) is 48.4 Å². The van der Waals surface area contributed by atoms with Crippen molar-refractivity contribution in [1.29, 1.82) is 0 Å². The first-order valence-electron chi connectivity index (χ1n) is 7.20. The fraction of sp³-hybridized carbons (Fsp3) is 0.500. The number of aliphatic carboxylic acids is 1. The fourth-order valence-corrected chi connectivity index (χ4v) is 2.28. The minimum absolute atomic E-state index is 0.112. The number of rotatable bonds is 8. The number of ether oxygens (including phenoxy) is 2. The van der Waals surface area contributed by atoms with Crippen molar-refractivity contribution in [2.45, 2.75) is 26.5 Å². The van der Waals surface area contributed by atoms with Gasteiger partial charge in [-0.15, -0.1) is 0 Å². The highest BCUT2D eigenvalue weighted by molar-refractivity contribution is 5.80. The maximum Gasteiger partial charge on any atom is 0.410 e. The fourth-order valence-electron chi connectivity index (χ4n) is 2.28. The van der Waals surface area contributed by atoms with Gasteiger partial charge in [0, 0.05) is 19.6 Å². The zero-order valence-electron chi connectivity index (χ0n) is 13.2. The van der Waals surface area contributed by atoms with Crippen LogP contribution in [0.2, 0.25) is 0 Å². The van der Waals surface area contributed by atoms with E-state index in [9.17, 15) is 14.7 Å². The molecule has 1 aromatic carbocycles. The summed E-state index contributed by atoms with van der Waals surface area (Å²) in [5.41, 5.74) is 0.851. The van der Waals surface area contributed by atoms with E-state index in [2.05, 4.69) is 0 Å². The number of carbonyl (C=O) groups excluding carboxylic acids is 1. The molecule has 0 aromatic heterocycles. The van der Waals surface area contributed by atoms with E-state index >= 15 is 0 Å². The van der Waals surface area contributed by atoms with E-state index in [1.54, 1.807) is 13.8 Å². The smallest absolute Gasteiger partial charge is 0.410 e. The lowest BCUT2D eigenvalue weighted by Gasteiger charge is -2.30. The van der Waals surface area contributed by atoms with E-state index in [0.717, 1.165) is 5.56 Å². The normalized spacial score (nSPS) is 13.2. The van der Waals surface area contributed by atoms with Crippen molar-refractivity contribution in [2.24, 2.45) is 5.92 Å². The predicted molar refractivity (Wildman–Crippen MR) is 81.5 cm³/mol. The predicted octanol–water partition coefficient (Wildman–Crippen LogP) is 2.38. The lowest BCUT2D eigenvalue weighted by molar-refractivity contribution is -0.145. The molecule has 0 bridgehead atoms. The van der Waals surface area contributed by atoms with E-state index < -0.39 is 18.1 Å². The number of hydrogen-bond donors (Lipinski definition) is 1. The molecule has 6 heteroatoms. The summed E-state index contributed by atoms with van der Waals surface area (Å²) in [5.74, 6) is -1.41. The van der Waals surface area contributed by atoms with Crippen molar-refractivity contribution in [3.63, 3.8) is 0 Å². The van der Waals surface area contributed by atoms with Crippen molar-refractivity contribution in [1.82, 2.24) is 4.90 Å². The summed E-state index contributed by atoms with van der Waals surface area (Å²) >= 11 is 0. The topological polar surface area (TPSA) is 76.1 Å². The van der Waals surface area contributed by atoms with Crippen LogP contribution in [0.15, 0.2) is 30.3 Å². The number of carboxylic acid groups (broad SMARTS) is 1. The minimum Gasteiger partial charge on any atom is -0.480 e. The number of hydrogen-bond acceptors (Lipinski definition) is 4. The van der Waals surface area contributed by atoms with E-state index in [0.29, 0.717) is 0 Å². The molecule has 6 nitrogen and oxygen atoms in total. The molecular weight excluding hydrogens is 286 g/mol. The Morgan fingerprint density at radius 1 is 1.27 bits per heavy atom. The Balaban J connectivity index is 2.74. The van der Waals surface area contributed by atoms with Gasteiger partial charge in [-0.1, -0.05) is 37.3 Å². The average Bonchev–Trinajstić information content (AvgIpc) is 2.50. The molecule has 0 saturated heterocycles. The molecule has 0 aliphatic carbocycles. The number of amides is 1. The highest BCUT2D eigenvalue weighted by Gasteiger charge is 2.34. The number of carbonyl (C=O) groups is 2. The van der Waals surface area contributed by atoms with Crippen LogP contribution < -0.4 is 0 Å². The van der Waals surface area contributed by atoms with Crippen molar-refractivity contribution in [3.05, 3.63) is 35.9 Å². The highest BCUT2D eigenvalue weighted by atomic mass is 16.6. The standard InChI is InChI=1S/C16H23NO5/c1-4-17(14(15(18)19)12(2)10-21-3)16(20)22-11-13-8-6-5-7-9-13/h5-9,12,14H,4,10-11H2,1-3H3,(H,18,19). The summed E-state index contributed by atoms with van der Waals surface area (Å²) in [6.45, 7) is 4.06. The Kier molecular flexibility index (Phi) is 7.39. The zero-order chi connectivity index (χ0) is 16.5. The Labute approximate surface area is 130 Å². The monoisotopic (exact) mass is 309 g/mol. The van der Waals surface area contributed by atoms with Gasteiger partial charge >= 0.3 is 12.1 Å². The Bertz CT molecular complexity index is 477. The quantitative estimate of drug-likeness (QED) is 0.798. The molecule has 1 aromatic rings. The van der Waals surface area contributed by atoms with Gasteiger partial charge in [0.25, 0.3) is 0 Å². The summed E-state index contributed by atoms with van der Waals surface area (Å²) in [7, 11) is 1.50. The van der Waals surface area contributed by atoms with Gasteiger partial charge in [-0.05, 0) is 12.5 Å². The Morgan fingerprint density at radius 2 is 1.91 bits per heavy atom. The molecule has 1 N–H and O–H groups in total. The maximum absolute atomic E-state index is 12.2. The number of carboxylic acids is 1. The lowest BCUT2D eigenvalue weighted by Crippen LogP contribution is -2.49. The van der Waals surface area contributed by atoms with Crippen molar-refractivity contribution < 1.29 is 24.2 Å². The van der Waals surface area contributed by atoms with Crippen LogP contribution in [0.4, 0.5) is 4.79 Å². The zero-order valence-corrected chi connectivity index (χ0v) is 13.2. The van der Waals surface area contributed by atoms with Gasteiger partial charge in [-0.3, -0.25) is 4.90 Å². The van der Waals surface area contributed by atoms with Crippen LogP contribution in [0.3, 0.4) is 0 Å². The summed E-state index contributed by atoms with van der Waals surface area (Å²) in [6, 6.07) is 8.27. The van der Waals surface area contributed by atoms with Crippen LogP contribution in [-0.2, 0) is 20.9 Å². The van der Waals surface area contributed by atoms with Crippen molar-refractivity contribution >= 4 is 12.1 Å². The van der Waals surface area contributed by atoms with E-state index in [-0.39, 0.29) is 25.7 Å². The number of benzene rings is 1. The highest BCUT2D eigenvalue weighted by Crippen LogP contribution is 2.15. The van der Waals surface area contributed by atoms with Gasteiger partial charge in [-0.25, -0.2) is 9.59 Å². The van der Waals surface area contributed by atoms with Gasteiger partial charge < -0.3 is 14.6 Å². The molecule has 0 saturated carbocycles. The summed E-state index contributed by atoms with van der Waals surface area (Å²) in [5, 5.41) is 9.40. The van der Waals surface area contributed by atoms with Gasteiger partial charge in [-0.2, -0.15) is 0 Å². The lowest BCUT2D eigenvalue weighted by atomic mass is 10.0. The van der Waals surface area contributed by atoms with Crippen molar-refractivity contribution in [3.8, 4) is 0 Å². The third kappa shape index (κ3) is 5.04. The third-order valence-corrected chi connectivity index (χ3v) is 3.34. The second-order valence-corrected chi connectivity index (χ2v) is 5.04. The van der Waals surface area contributed by atoms with Crippen molar-refractivity contribution in [2.75, 3.05) is 20.3 Å². The number of nitrogens with zero attached hydrogens (tertiary/aromatic N) is 1. The Morgan fingerprint density at radius 3 is 2.41 bits per heavy atom. The second-order valence-electron chi connectivity index (χ2n) is 5.04. The first-order chi connectivity index (χ1) is 10.5. The largest absolute Gasteiger partial charge is 0.480 e. The van der Waals surface area contributed by atoms with Gasteiger partial charge in [0.05, 0.1) is 6.61 Å². The summed E-state index contributed by atoms with van der Waals surface area (Å²) in [6.07, 6.45) is -0.637. The molecule has 122 valence electrons. The number of likely N-dealkylation sites (N-methyl/N-ethyl adjacent to an activating group) is 1. The first-order valence-corrected chi connectivity index (χ1v) is 7.20. The van der Waals surface area contributed by atoms with Gasteiger partial charge in [0.1, 0.15) is 12.6 Å². The SMILES string of the molecule is CCN(C(=O)OCc1ccccc1)C(C(=O)O)C(C)COC. The molecule has 1 amide bonds. The summed E-state index contributed by atoms with van der Waals surface area (Å²) < 4.78 is 10.2. The van der Waals surface area contributed by atoms with Crippen LogP contribution in [0, 0.1) is 5.92 Å². The van der Waals surface area contributed by atoms with Crippen LogP contribution in [0.1, 0.15) is 19.4 Å². The molecule has 0 radical (unpaired) electrons. The minimum atomic E-state index is -1.07. The first kappa shape index (κ1) is 18.0. The molecule has 22 heavy (non-hydrogen) atoms. The third-order valence-electron chi connectivity index (χ3n) is 3.34. The van der Waals surface area contributed by atoms with Crippen LogP contribution in [0.5, 0.6) is 0 Å². The van der Waals surface area contributed by atoms with E-state index in [1.807, 2.05) is 30.3 Å². The molecule has 0 fully saturated rings. The Hall–Kier alpha value is -2.08. The molecule has 0 spiro atoms.